The van der Waals surface area contributed by atoms with Gasteiger partial charge in [-0.15, -0.1) is 39.7 Å². The number of amides is 1. The minimum atomic E-state index is -0.393. The van der Waals surface area contributed by atoms with Gasteiger partial charge in [-0.3, -0.25) is 0 Å². The van der Waals surface area contributed by atoms with Gasteiger partial charge in [-0.1, -0.05) is 76.2 Å². The van der Waals surface area contributed by atoms with Crippen molar-refractivity contribution in [3.63, 3.8) is 0 Å². The van der Waals surface area contributed by atoms with Gasteiger partial charge in [0.15, 0.2) is 0 Å². The summed E-state index contributed by atoms with van der Waals surface area (Å²) in [6.45, 7) is 8.37. The molecule has 6 heteroatoms. The summed E-state index contributed by atoms with van der Waals surface area (Å²) in [5, 5.41) is 5.39. The zero-order chi connectivity index (χ0) is 19.4. The summed E-state index contributed by atoms with van der Waals surface area (Å²) in [7, 11) is 1.08. The summed E-state index contributed by atoms with van der Waals surface area (Å²) in [4.78, 5) is 10.5. The molecular weight excluding hydrogens is 453 g/mol. The molecule has 0 fully saturated rings. The van der Waals surface area contributed by atoms with Crippen LogP contribution in [0.25, 0.3) is 27.3 Å². The number of hydrogen-bond donors (Lipinski definition) is 0. The Balaban J connectivity index is -0.000000387. The molecule has 2 nitrogen and oxygen atoms in total. The van der Waals surface area contributed by atoms with E-state index in [1.165, 1.54) is 21.5 Å². The predicted octanol–water partition coefficient (Wildman–Crippen LogP) is 1.29. The van der Waals surface area contributed by atoms with Crippen LogP contribution in [0.5, 0.6) is 0 Å². The van der Waals surface area contributed by atoms with Gasteiger partial charge in [0.05, 0.1) is 5.91 Å². The van der Waals surface area contributed by atoms with Crippen LogP contribution in [0.1, 0.15) is 39.5 Å². The number of hydrogen-bond acceptors (Lipinski definition) is 1. The Morgan fingerprint density at radius 3 is 1.72 bits per heavy atom. The van der Waals surface area contributed by atoms with E-state index in [1.807, 2.05) is 6.92 Å². The summed E-state index contributed by atoms with van der Waals surface area (Å²) in [5.41, 5.74) is 6.87. The van der Waals surface area contributed by atoms with Crippen LogP contribution >= 0.6 is 0 Å². The van der Waals surface area contributed by atoms with Gasteiger partial charge in [0, 0.05) is 9.52 Å². The molecule has 3 rings (SSSR count). The average Bonchev–Trinajstić information content (AvgIpc) is 3.02. The van der Waals surface area contributed by atoms with Crippen LogP contribution in [0.15, 0.2) is 54.6 Å². The normalized spacial score (nSPS) is 10.1. The second kappa shape index (κ2) is 19.3. The molecule has 1 atom stereocenters. The molecule has 0 saturated carbocycles. The van der Waals surface area contributed by atoms with E-state index in [9.17, 15) is 4.79 Å². The maximum atomic E-state index is 10.5. The van der Waals surface area contributed by atoms with E-state index in [-0.39, 0.29) is 52.4 Å². The van der Waals surface area contributed by atoms with E-state index in [1.54, 1.807) is 0 Å². The molecule has 156 valence electrons. The molecule has 3 aromatic carbocycles. The van der Waals surface area contributed by atoms with Crippen molar-refractivity contribution in [2.24, 2.45) is 5.92 Å². The van der Waals surface area contributed by atoms with E-state index < -0.39 is 5.91 Å². The molecule has 0 aliphatic rings. The smallest absolute Gasteiger partial charge is 1.00 e. The van der Waals surface area contributed by atoms with E-state index in [2.05, 4.69) is 74.6 Å². The first-order valence-electron chi connectivity index (χ1n) is 9.46. The number of nitrogens with one attached hydrogen (secondary N) is 1. The quantitative estimate of drug-likeness (QED) is 0.398. The Kier molecular flexibility index (Phi) is 21.9. The molecular formula is C23H31Cl2NOSiTi. The molecule has 3 aromatic rings. The Labute approximate surface area is 206 Å². The van der Waals surface area contributed by atoms with Gasteiger partial charge in [-0.25, -0.2) is 0 Å². The van der Waals surface area contributed by atoms with Gasteiger partial charge in [0.2, 0.25) is 0 Å². The summed E-state index contributed by atoms with van der Waals surface area (Å²) in [5.74, 6) is -0.393. The third-order valence-corrected chi connectivity index (χ3v) is 4.29. The molecule has 1 N–H and O–H groups in total. The van der Waals surface area contributed by atoms with Crippen molar-refractivity contribution in [1.82, 2.24) is 0 Å². The van der Waals surface area contributed by atoms with Gasteiger partial charge in [0.25, 0.3) is 0 Å². The first-order valence-corrected chi connectivity index (χ1v) is 11.5. The molecule has 1 unspecified atom stereocenters. The Bertz CT molecular complexity index is 744. The van der Waals surface area contributed by atoms with E-state index in [0.29, 0.717) is 0 Å². The molecule has 29 heavy (non-hydrogen) atoms. The van der Waals surface area contributed by atoms with Crippen LogP contribution in [0.2, 0.25) is 13.1 Å². The summed E-state index contributed by atoms with van der Waals surface area (Å²) in [6, 6.07) is 19.3. The predicted molar refractivity (Wildman–Crippen MR) is 117 cm³/mol. The van der Waals surface area contributed by atoms with Crippen LogP contribution in [-0.4, -0.2) is 15.4 Å². The molecule has 2 radical (unpaired) electrons. The SMILES string of the molecule is CCCCC(CC)C([NH-])=O.C[Si]C.[Cl-].[Cl-].[Ti+4].c1ccc2c(c1)[cH-]c1ccccc12. The second-order valence-electron chi connectivity index (χ2n) is 6.43. The Hall–Kier alpha value is -0.709. The topological polar surface area (TPSA) is 40.9 Å². The van der Waals surface area contributed by atoms with E-state index in [4.69, 9.17) is 5.73 Å². The summed E-state index contributed by atoms with van der Waals surface area (Å²) >= 11 is 0. The minimum Gasteiger partial charge on any atom is -1.00 e. The molecule has 0 heterocycles. The Morgan fingerprint density at radius 2 is 1.38 bits per heavy atom. The number of carbonyl (C=O) groups is 1. The summed E-state index contributed by atoms with van der Waals surface area (Å²) in [6.07, 6.45) is 3.91. The van der Waals surface area contributed by atoms with Crippen molar-refractivity contribution in [2.45, 2.75) is 52.6 Å². The third kappa shape index (κ3) is 11.3. The molecule has 0 aliphatic heterocycles. The third-order valence-electron chi connectivity index (χ3n) is 4.29. The summed E-state index contributed by atoms with van der Waals surface area (Å²) < 4.78 is 0. The zero-order valence-electron chi connectivity index (χ0n) is 17.8. The monoisotopic (exact) mass is 483 g/mol. The van der Waals surface area contributed by atoms with Crippen LogP contribution in [0.4, 0.5) is 0 Å². The second-order valence-corrected chi connectivity index (χ2v) is 7.43. The number of halogens is 2. The number of carbonyl (C=O) groups excluding carboxylic acids is 1. The van der Waals surface area contributed by atoms with Gasteiger partial charge in [-0.05, 0) is 18.8 Å². The fourth-order valence-corrected chi connectivity index (χ4v) is 2.87. The van der Waals surface area contributed by atoms with Crippen molar-refractivity contribution in [3.05, 3.63) is 60.3 Å². The standard InChI is InChI=1S/C13H9.C8H17NO.C2H6Si.2ClH.Ti/c1-3-7-12-10(5-1)9-11-6-2-4-8-13(11)12;1-3-5-6-7(4-2)8(9)10;1-3-2;;;/h1-9H;7H,3-6H2,1-2H3,(H2,9,10);1-2H3;2*1H;/q-1;;;;;+4/p-3. The van der Waals surface area contributed by atoms with Gasteiger partial charge >= 0.3 is 21.7 Å². The van der Waals surface area contributed by atoms with Crippen molar-refractivity contribution >= 4 is 37.0 Å². The van der Waals surface area contributed by atoms with Crippen LogP contribution < -0.4 is 24.8 Å². The van der Waals surface area contributed by atoms with Crippen molar-refractivity contribution in [2.75, 3.05) is 0 Å². The van der Waals surface area contributed by atoms with E-state index in [0.717, 1.165) is 35.2 Å². The minimum absolute atomic E-state index is 0. The number of benzene rings is 2. The Morgan fingerprint density at radius 1 is 0.966 bits per heavy atom. The van der Waals surface area contributed by atoms with Crippen LogP contribution in [-0.2, 0) is 26.5 Å². The molecule has 0 aliphatic carbocycles. The average molecular weight is 484 g/mol. The first kappa shape index (κ1) is 32.9. The molecule has 0 saturated heterocycles. The number of rotatable bonds is 5. The number of unbranched alkanes of at least 4 members (excludes halogenated alkanes) is 1. The van der Waals surface area contributed by atoms with Crippen molar-refractivity contribution < 1.29 is 51.3 Å². The van der Waals surface area contributed by atoms with Crippen molar-refractivity contribution in [1.29, 1.82) is 0 Å². The maximum absolute atomic E-state index is 10.5. The van der Waals surface area contributed by atoms with Crippen molar-refractivity contribution in [3.8, 4) is 0 Å². The molecule has 1 amide bonds. The first-order chi connectivity index (χ1) is 12.6. The van der Waals surface area contributed by atoms with Gasteiger partial charge in [-0.2, -0.15) is 0 Å². The van der Waals surface area contributed by atoms with Crippen LogP contribution in [0.3, 0.4) is 0 Å². The fourth-order valence-electron chi connectivity index (χ4n) is 2.87. The molecule has 0 bridgehead atoms. The van der Waals surface area contributed by atoms with Gasteiger partial charge in [0.1, 0.15) is 0 Å². The maximum Gasteiger partial charge on any atom is 4.00 e. The van der Waals surface area contributed by atoms with Gasteiger partial charge < -0.3 is 35.3 Å². The van der Waals surface area contributed by atoms with Crippen LogP contribution in [0, 0.1) is 5.92 Å². The zero-order valence-corrected chi connectivity index (χ0v) is 21.8. The molecule has 0 spiro atoms. The fraction of sp³-hybridized carbons (Fsp3) is 0.391. The van der Waals surface area contributed by atoms with E-state index >= 15 is 0 Å². The number of fused-ring (bicyclic) bond motifs is 3. The molecule has 0 aromatic heterocycles. The largest absolute Gasteiger partial charge is 4.00 e.